The minimum absolute atomic E-state index is 0.235. The van der Waals surface area contributed by atoms with Gasteiger partial charge in [0.15, 0.2) is 0 Å². The van der Waals surface area contributed by atoms with Crippen molar-refractivity contribution in [1.29, 1.82) is 0 Å². The molecule has 1 aromatic rings. The Labute approximate surface area is 76.0 Å². The van der Waals surface area contributed by atoms with E-state index in [1.54, 1.807) is 12.3 Å². The lowest BCUT2D eigenvalue weighted by molar-refractivity contribution is -0.117. The van der Waals surface area contributed by atoms with Crippen LogP contribution in [0.15, 0.2) is 25.0 Å². The van der Waals surface area contributed by atoms with E-state index in [1.807, 2.05) is 0 Å². The Hall–Kier alpha value is -1.62. The summed E-state index contributed by atoms with van der Waals surface area (Å²) in [5.74, 6) is -0.235. The average Bonchev–Trinajstić information content (AvgIpc) is 2.57. The van der Waals surface area contributed by atoms with Crippen LogP contribution >= 0.6 is 0 Å². The number of amides is 1. The second-order valence-electron chi connectivity index (χ2n) is 2.61. The second-order valence-corrected chi connectivity index (χ2v) is 2.61. The molecule has 0 aromatic carbocycles. The van der Waals surface area contributed by atoms with Crippen molar-refractivity contribution in [3.8, 4) is 0 Å². The topological polar surface area (TPSA) is 83.8 Å². The highest BCUT2D eigenvalue weighted by molar-refractivity contribution is 5.94. The molecule has 0 bridgehead atoms. The van der Waals surface area contributed by atoms with Gasteiger partial charge in [0, 0.05) is 6.20 Å². The Morgan fingerprint density at radius 1 is 1.92 bits per heavy atom. The molecule has 0 fully saturated rings. The Morgan fingerprint density at radius 2 is 2.69 bits per heavy atom. The van der Waals surface area contributed by atoms with Gasteiger partial charge >= 0.3 is 0 Å². The summed E-state index contributed by atoms with van der Waals surface area (Å²) in [5, 5.41) is 8.86. The predicted octanol–water partition coefficient (Wildman–Crippen LogP) is 0.252. The first kappa shape index (κ1) is 9.47. The number of anilines is 1. The average molecular weight is 180 g/mol. The first-order chi connectivity index (χ1) is 6.24. The molecule has 1 aromatic heterocycles. The van der Waals surface area contributed by atoms with Crippen molar-refractivity contribution in [3.05, 3.63) is 25.0 Å². The molecule has 4 N–H and O–H groups in total. The lowest BCUT2D eigenvalue weighted by atomic mass is 10.2. The van der Waals surface area contributed by atoms with Crippen LogP contribution in [-0.4, -0.2) is 22.1 Å². The number of nitrogens with two attached hydrogens (primary N) is 1. The lowest BCUT2D eigenvalue weighted by Gasteiger charge is -2.07. The number of aromatic amines is 1. The maximum atomic E-state index is 11.3. The second kappa shape index (κ2) is 4.42. The first-order valence-corrected chi connectivity index (χ1v) is 3.90. The van der Waals surface area contributed by atoms with Crippen LogP contribution in [0.1, 0.15) is 6.42 Å². The Kier molecular flexibility index (Phi) is 3.22. The molecule has 0 aliphatic rings. The normalized spacial score (nSPS) is 12.1. The number of aromatic nitrogens is 2. The molecule has 13 heavy (non-hydrogen) atoms. The van der Waals surface area contributed by atoms with E-state index in [4.69, 9.17) is 5.73 Å². The summed E-state index contributed by atoms with van der Waals surface area (Å²) in [5.41, 5.74) is 6.15. The molecule has 0 saturated heterocycles. The van der Waals surface area contributed by atoms with E-state index in [2.05, 4.69) is 22.1 Å². The zero-order valence-electron chi connectivity index (χ0n) is 7.16. The van der Waals surface area contributed by atoms with Crippen LogP contribution in [-0.2, 0) is 4.79 Å². The van der Waals surface area contributed by atoms with Gasteiger partial charge in [0.25, 0.3) is 0 Å². The summed E-state index contributed by atoms with van der Waals surface area (Å²) in [4.78, 5) is 11.3. The quantitative estimate of drug-likeness (QED) is 0.581. The Bertz CT molecular complexity index is 280. The highest BCUT2D eigenvalue weighted by Gasteiger charge is 2.11. The van der Waals surface area contributed by atoms with Crippen molar-refractivity contribution in [2.45, 2.75) is 12.5 Å². The molecular weight excluding hydrogens is 168 g/mol. The van der Waals surface area contributed by atoms with Crippen molar-refractivity contribution in [3.63, 3.8) is 0 Å². The fourth-order valence-electron chi connectivity index (χ4n) is 0.841. The molecule has 70 valence electrons. The largest absolute Gasteiger partial charge is 0.322 e. The minimum atomic E-state index is -0.549. The third-order valence-corrected chi connectivity index (χ3v) is 1.52. The summed E-state index contributed by atoms with van der Waals surface area (Å²) >= 11 is 0. The van der Waals surface area contributed by atoms with Crippen molar-refractivity contribution >= 4 is 11.6 Å². The molecule has 5 nitrogen and oxygen atoms in total. The molecule has 0 aliphatic carbocycles. The van der Waals surface area contributed by atoms with E-state index in [1.165, 1.54) is 6.20 Å². The third-order valence-electron chi connectivity index (χ3n) is 1.52. The van der Waals surface area contributed by atoms with Crippen LogP contribution in [0.25, 0.3) is 0 Å². The molecular formula is C8H12N4O. The van der Waals surface area contributed by atoms with Crippen LogP contribution in [0.4, 0.5) is 5.69 Å². The molecule has 5 heteroatoms. The highest BCUT2D eigenvalue weighted by Crippen LogP contribution is 2.02. The van der Waals surface area contributed by atoms with E-state index < -0.39 is 6.04 Å². The van der Waals surface area contributed by atoms with E-state index >= 15 is 0 Å². The number of rotatable bonds is 4. The summed E-state index contributed by atoms with van der Waals surface area (Å²) in [6.07, 6.45) is 5.17. The van der Waals surface area contributed by atoms with Gasteiger partial charge in [-0.15, -0.1) is 6.58 Å². The molecule has 0 radical (unpaired) electrons. The van der Waals surface area contributed by atoms with Crippen LogP contribution in [0.3, 0.4) is 0 Å². The number of hydrogen-bond donors (Lipinski definition) is 3. The fraction of sp³-hybridized carbons (Fsp3) is 0.250. The molecule has 0 spiro atoms. The summed E-state index contributed by atoms with van der Waals surface area (Å²) in [6.45, 7) is 3.50. The number of H-pyrrole nitrogens is 1. The molecule has 0 aliphatic heterocycles. The van der Waals surface area contributed by atoms with E-state index in [0.717, 1.165) is 0 Å². The van der Waals surface area contributed by atoms with Crippen molar-refractivity contribution < 1.29 is 4.79 Å². The maximum absolute atomic E-state index is 11.3. The van der Waals surface area contributed by atoms with Gasteiger partial charge in [-0.2, -0.15) is 5.10 Å². The zero-order chi connectivity index (χ0) is 9.68. The van der Waals surface area contributed by atoms with Crippen LogP contribution in [0.2, 0.25) is 0 Å². The summed E-state index contributed by atoms with van der Waals surface area (Å²) < 4.78 is 0. The van der Waals surface area contributed by atoms with E-state index in [9.17, 15) is 4.79 Å². The molecule has 1 rings (SSSR count). The van der Waals surface area contributed by atoms with Gasteiger partial charge in [-0.3, -0.25) is 9.89 Å². The van der Waals surface area contributed by atoms with Crippen molar-refractivity contribution in [2.75, 3.05) is 5.32 Å². The van der Waals surface area contributed by atoms with Crippen LogP contribution in [0.5, 0.6) is 0 Å². The first-order valence-electron chi connectivity index (χ1n) is 3.90. The SMILES string of the molecule is C=CCC(N)C(=O)Nc1cn[nH]c1. The smallest absolute Gasteiger partial charge is 0.241 e. The van der Waals surface area contributed by atoms with Crippen LogP contribution < -0.4 is 11.1 Å². The third kappa shape index (κ3) is 2.72. The number of nitrogens with zero attached hydrogens (tertiary/aromatic N) is 1. The minimum Gasteiger partial charge on any atom is -0.322 e. The molecule has 1 atom stereocenters. The van der Waals surface area contributed by atoms with Gasteiger partial charge in [0.1, 0.15) is 0 Å². The maximum Gasteiger partial charge on any atom is 0.241 e. The molecule has 1 heterocycles. The van der Waals surface area contributed by atoms with E-state index in [-0.39, 0.29) is 5.91 Å². The predicted molar refractivity (Wildman–Crippen MR) is 50.0 cm³/mol. The number of nitrogens with one attached hydrogen (secondary N) is 2. The van der Waals surface area contributed by atoms with Crippen LogP contribution in [0, 0.1) is 0 Å². The zero-order valence-corrected chi connectivity index (χ0v) is 7.16. The molecule has 1 unspecified atom stereocenters. The van der Waals surface area contributed by atoms with E-state index in [0.29, 0.717) is 12.1 Å². The Balaban J connectivity index is 2.45. The fourth-order valence-corrected chi connectivity index (χ4v) is 0.841. The summed E-state index contributed by atoms with van der Waals surface area (Å²) in [7, 11) is 0. The number of carbonyl (C=O) groups is 1. The highest BCUT2D eigenvalue weighted by atomic mass is 16.2. The van der Waals surface area contributed by atoms with Gasteiger partial charge in [0.2, 0.25) is 5.91 Å². The molecule has 0 saturated carbocycles. The number of hydrogen-bond acceptors (Lipinski definition) is 3. The van der Waals surface area contributed by atoms with Gasteiger partial charge in [-0.1, -0.05) is 6.08 Å². The van der Waals surface area contributed by atoms with Gasteiger partial charge < -0.3 is 11.1 Å². The van der Waals surface area contributed by atoms with Gasteiger partial charge in [0.05, 0.1) is 17.9 Å². The van der Waals surface area contributed by atoms with Gasteiger partial charge in [-0.25, -0.2) is 0 Å². The lowest BCUT2D eigenvalue weighted by Crippen LogP contribution is -2.34. The van der Waals surface area contributed by atoms with Gasteiger partial charge in [-0.05, 0) is 6.42 Å². The van der Waals surface area contributed by atoms with Crippen molar-refractivity contribution in [1.82, 2.24) is 10.2 Å². The van der Waals surface area contributed by atoms with Crippen molar-refractivity contribution in [2.24, 2.45) is 5.73 Å². The number of carbonyl (C=O) groups excluding carboxylic acids is 1. The monoisotopic (exact) mass is 180 g/mol. The standard InChI is InChI=1S/C8H12N4O/c1-2-3-7(9)8(13)12-6-4-10-11-5-6/h2,4-5,7H,1,3,9H2,(H,10,11)(H,12,13). The molecule has 1 amide bonds. The summed E-state index contributed by atoms with van der Waals surface area (Å²) in [6, 6.07) is -0.549. The Morgan fingerprint density at radius 3 is 3.23 bits per heavy atom.